The maximum Gasteiger partial charge on any atom is 0.131 e. The molecule has 0 aliphatic rings. The van der Waals surface area contributed by atoms with Gasteiger partial charge in [0.2, 0.25) is 0 Å². The first-order chi connectivity index (χ1) is 10.1. The first-order valence-electron chi connectivity index (χ1n) is 6.34. The molecule has 0 spiro atoms. The van der Waals surface area contributed by atoms with Crippen LogP contribution in [-0.2, 0) is 0 Å². The van der Waals surface area contributed by atoms with Gasteiger partial charge in [0.15, 0.2) is 0 Å². The Morgan fingerprint density at radius 2 is 1.62 bits per heavy atom. The third-order valence-corrected chi connectivity index (χ3v) is 5.87. The molecule has 0 N–H and O–H groups in total. The van der Waals surface area contributed by atoms with Crippen molar-refractivity contribution in [3.63, 3.8) is 0 Å². The third-order valence-electron chi connectivity index (χ3n) is 3.41. The molecule has 0 saturated carbocycles. The molecule has 1 atom stereocenters. The summed E-state index contributed by atoms with van der Waals surface area (Å²) < 4.78 is 16.2. The van der Waals surface area contributed by atoms with Gasteiger partial charge in [-0.1, -0.05) is 62.2 Å². The SMILES string of the molecule is Fc1ccc(C(Br)c2cc(Br)ccc2I)c2ccccc12. The minimum absolute atomic E-state index is 0.0207. The molecule has 3 aromatic rings. The molecule has 0 amide bonds. The quantitative estimate of drug-likeness (QED) is 0.257. The number of fused-ring (bicyclic) bond motifs is 1. The largest absolute Gasteiger partial charge is 0.206 e. The van der Waals surface area contributed by atoms with E-state index in [1.165, 1.54) is 15.2 Å². The summed E-state index contributed by atoms with van der Waals surface area (Å²) in [5.74, 6) is -0.182. The zero-order chi connectivity index (χ0) is 15.0. The Morgan fingerprint density at radius 1 is 0.905 bits per heavy atom. The normalized spacial score (nSPS) is 12.6. The van der Waals surface area contributed by atoms with E-state index in [9.17, 15) is 4.39 Å². The summed E-state index contributed by atoms with van der Waals surface area (Å²) >= 11 is 9.62. The summed E-state index contributed by atoms with van der Waals surface area (Å²) in [6.07, 6.45) is 0. The molecule has 0 saturated heterocycles. The Kier molecular flexibility index (Phi) is 4.66. The van der Waals surface area contributed by atoms with Crippen molar-refractivity contribution in [2.45, 2.75) is 4.83 Å². The zero-order valence-corrected chi connectivity index (χ0v) is 16.1. The van der Waals surface area contributed by atoms with Crippen LogP contribution >= 0.6 is 54.5 Å². The zero-order valence-electron chi connectivity index (χ0n) is 10.8. The summed E-state index contributed by atoms with van der Waals surface area (Å²) in [6.45, 7) is 0. The van der Waals surface area contributed by atoms with Gasteiger partial charge in [-0.25, -0.2) is 4.39 Å². The molecule has 106 valence electrons. The van der Waals surface area contributed by atoms with Crippen LogP contribution in [0.4, 0.5) is 4.39 Å². The number of alkyl halides is 1. The Bertz CT molecular complexity index is 817. The van der Waals surface area contributed by atoms with Gasteiger partial charge < -0.3 is 0 Å². The van der Waals surface area contributed by atoms with Crippen molar-refractivity contribution in [3.8, 4) is 0 Å². The van der Waals surface area contributed by atoms with E-state index in [4.69, 9.17) is 0 Å². The Balaban J connectivity index is 2.20. The van der Waals surface area contributed by atoms with Crippen LogP contribution in [-0.4, -0.2) is 0 Å². The van der Waals surface area contributed by atoms with Crippen LogP contribution in [0.1, 0.15) is 16.0 Å². The van der Waals surface area contributed by atoms with Crippen molar-refractivity contribution < 1.29 is 4.39 Å². The topological polar surface area (TPSA) is 0 Å². The van der Waals surface area contributed by atoms with Gasteiger partial charge in [-0.05, 0) is 63.4 Å². The lowest BCUT2D eigenvalue weighted by Crippen LogP contribution is -1.98. The number of benzene rings is 3. The maximum absolute atomic E-state index is 14.0. The standard InChI is InChI=1S/C17H10Br2FI/c18-10-5-8-16(21)14(9-10)17(19)13-6-7-15(20)12-4-2-1-3-11(12)13/h1-9,17H. The van der Waals surface area contributed by atoms with Crippen molar-refractivity contribution in [1.82, 2.24) is 0 Å². The van der Waals surface area contributed by atoms with E-state index in [0.29, 0.717) is 5.39 Å². The molecule has 21 heavy (non-hydrogen) atoms. The Labute approximate surface area is 153 Å². The number of halogens is 4. The van der Waals surface area contributed by atoms with Crippen LogP contribution < -0.4 is 0 Å². The molecule has 1 unspecified atom stereocenters. The molecule has 0 heterocycles. The molecule has 0 nitrogen and oxygen atoms in total. The lowest BCUT2D eigenvalue weighted by molar-refractivity contribution is 0.639. The van der Waals surface area contributed by atoms with E-state index in [1.807, 2.05) is 36.4 Å². The first kappa shape index (κ1) is 15.4. The van der Waals surface area contributed by atoms with E-state index in [-0.39, 0.29) is 10.6 Å². The van der Waals surface area contributed by atoms with Gasteiger partial charge >= 0.3 is 0 Å². The molecule has 0 aromatic heterocycles. The lowest BCUT2D eigenvalue weighted by Gasteiger charge is -2.16. The van der Waals surface area contributed by atoms with Gasteiger partial charge in [0.25, 0.3) is 0 Å². The van der Waals surface area contributed by atoms with Crippen LogP contribution in [0.3, 0.4) is 0 Å². The minimum atomic E-state index is -0.182. The van der Waals surface area contributed by atoms with Crippen LogP contribution in [0.15, 0.2) is 59.1 Å². The van der Waals surface area contributed by atoms with Crippen LogP contribution in [0, 0.1) is 9.39 Å². The molecule has 3 rings (SSSR count). The van der Waals surface area contributed by atoms with Gasteiger partial charge in [-0.3, -0.25) is 0 Å². The molecule has 0 aliphatic heterocycles. The van der Waals surface area contributed by atoms with Gasteiger partial charge in [-0.2, -0.15) is 0 Å². The van der Waals surface area contributed by atoms with Crippen LogP contribution in [0.25, 0.3) is 10.8 Å². The predicted octanol–water partition coefficient (Wildman–Crippen LogP) is 6.83. The monoisotopic (exact) mass is 518 g/mol. The highest BCUT2D eigenvalue weighted by atomic mass is 127. The van der Waals surface area contributed by atoms with Crippen molar-refractivity contribution in [2.75, 3.05) is 0 Å². The summed E-state index contributed by atoms with van der Waals surface area (Å²) in [5.41, 5.74) is 2.24. The number of rotatable bonds is 2. The molecule has 0 aliphatic carbocycles. The maximum atomic E-state index is 14.0. The second-order valence-corrected chi connectivity index (χ2v) is 7.70. The highest BCUT2D eigenvalue weighted by Crippen LogP contribution is 2.38. The third kappa shape index (κ3) is 3.03. The second kappa shape index (κ2) is 6.34. The molecule has 3 aromatic carbocycles. The van der Waals surface area contributed by atoms with Crippen molar-refractivity contribution >= 4 is 65.2 Å². The molecular weight excluding hydrogens is 510 g/mol. The fourth-order valence-electron chi connectivity index (χ4n) is 2.38. The predicted molar refractivity (Wildman–Crippen MR) is 102 cm³/mol. The molecular formula is C17H10Br2FI. The van der Waals surface area contributed by atoms with Crippen LogP contribution in [0.5, 0.6) is 0 Å². The molecule has 0 fully saturated rings. The lowest BCUT2D eigenvalue weighted by atomic mass is 9.98. The summed E-state index contributed by atoms with van der Waals surface area (Å²) in [7, 11) is 0. The highest BCUT2D eigenvalue weighted by Gasteiger charge is 2.17. The Morgan fingerprint density at radius 3 is 2.38 bits per heavy atom. The van der Waals surface area contributed by atoms with E-state index in [0.717, 1.165) is 15.4 Å². The molecule has 0 radical (unpaired) electrons. The first-order valence-corrected chi connectivity index (χ1v) is 9.13. The average molecular weight is 520 g/mol. The summed E-state index contributed by atoms with van der Waals surface area (Å²) in [5, 5.41) is 1.60. The Hall–Kier alpha value is -0.460. The average Bonchev–Trinajstić information content (AvgIpc) is 2.50. The fourth-order valence-corrected chi connectivity index (χ4v) is 4.61. The van der Waals surface area contributed by atoms with E-state index in [2.05, 4.69) is 66.6 Å². The minimum Gasteiger partial charge on any atom is -0.206 e. The van der Waals surface area contributed by atoms with Gasteiger partial charge in [0, 0.05) is 13.4 Å². The number of hydrogen-bond donors (Lipinski definition) is 0. The van der Waals surface area contributed by atoms with Gasteiger partial charge in [0.05, 0.1) is 4.83 Å². The molecule has 4 heteroatoms. The summed E-state index contributed by atoms with van der Waals surface area (Å²) in [4.78, 5) is 0.0207. The van der Waals surface area contributed by atoms with E-state index < -0.39 is 0 Å². The fraction of sp³-hybridized carbons (Fsp3) is 0.0588. The van der Waals surface area contributed by atoms with Crippen molar-refractivity contribution in [3.05, 3.63) is 79.6 Å². The summed E-state index contributed by atoms with van der Waals surface area (Å²) in [6, 6.07) is 17.2. The van der Waals surface area contributed by atoms with Gasteiger partial charge in [-0.15, -0.1) is 0 Å². The van der Waals surface area contributed by atoms with E-state index >= 15 is 0 Å². The molecule has 0 bridgehead atoms. The van der Waals surface area contributed by atoms with Gasteiger partial charge in [0.1, 0.15) is 5.82 Å². The van der Waals surface area contributed by atoms with Crippen molar-refractivity contribution in [1.29, 1.82) is 0 Å². The second-order valence-electron chi connectivity index (χ2n) is 4.71. The van der Waals surface area contributed by atoms with Crippen LogP contribution in [0.2, 0.25) is 0 Å². The van der Waals surface area contributed by atoms with E-state index in [1.54, 1.807) is 0 Å². The number of hydrogen-bond acceptors (Lipinski definition) is 0. The van der Waals surface area contributed by atoms with Crippen molar-refractivity contribution in [2.24, 2.45) is 0 Å². The smallest absolute Gasteiger partial charge is 0.131 e. The highest BCUT2D eigenvalue weighted by molar-refractivity contribution is 14.1.